The van der Waals surface area contributed by atoms with Crippen LogP contribution in [-0.2, 0) is 0 Å². The van der Waals surface area contributed by atoms with E-state index in [0.29, 0.717) is 0 Å². The molecule has 80 valence electrons. The van der Waals surface area contributed by atoms with Crippen molar-refractivity contribution < 1.29 is 4.42 Å². The van der Waals surface area contributed by atoms with Crippen LogP contribution in [0.15, 0.2) is 16.5 Å². The smallest absolute Gasteiger partial charge is 0.122 e. The molecule has 1 aromatic rings. The molecule has 0 aliphatic heterocycles. The minimum Gasteiger partial charge on any atom is -0.465 e. The number of hydrogen-bond acceptors (Lipinski definition) is 3. The highest BCUT2D eigenvalue weighted by Crippen LogP contribution is 2.20. The van der Waals surface area contributed by atoms with Crippen LogP contribution in [0.2, 0.25) is 0 Å². The average Bonchev–Trinajstić information content (AvgIpc) is 2.60. The number of unbranched alkanes of at least 4 members (excludes halogenated alkanes) is 2. The van der Waals surface area contributed by atoms with Crippen molar-refractivity contribution in [1.82, 2.24) is 5.43 Å². The zero-order chi connectivity index (χ0) is 10.4. The first kappa shape index (κ1) is 11.3. The van der Waals surface area contributed by atoms with Crippen LogP contribution in [0.1, 0.15) is 50.2 Å². The standard InChI is InChI=1S/C11H20N2O/c1-3-4-5-6-10(13-12)11-8-7-9(2)14-11/h7-8,10,13H,3-6,12H2,1-2H3. The Kier molecular flexibility index (Phi) is 4.70. The minimum absolute atomic E-state index is 0.162. The maximum Gasteiger partial charge on any atom is 0.122 e. The van der Waals surface area contributed by atoms with E-state index < -0.39 is 0 Å². The third kappa shape index (κ3) is 3.16. The van der Waals surface area contributed by atoms with Crippen molar-refractivity contribution in [1.29, 1.82) is 0 Å². The zero-order valence-electron chi connectivity index (χ0n) is 9.05. The molecule has 1 unspecified atom stereocenters. The van der Waals surface area contributed by atoms with Gasteiger partial charge in [-0.05, 0) is 25.5 Å². The molecule has 0 bridgehead atoms. The number of nitrogens with two attached hydrogens (primary N) is 1. The predicted molar refractivity (Wildman–Crippen MR) is 57.7 cm³/mol. The number of aryl methyl sites for hydroxylation is 1. The van der Waals surface area contributed by atoms with E-state index >= 15 is 0 Å². The fourth-order valence-electron chi connectivity index (χ4n) is 1.55. The summed E-state index contributed by atoms with van der Waals surface area (Å²) in [5.74, 6) is 7.37. The molecular formula is C11H20N2O. The van der Waals surface area contributed by atoms with Crippen molar-refractivity contribution in [2.45, 2.75) is 45.6 Å². The van der Waals surface area contributed by atoms with E-state index in [9.17, 15) is 0 Å². The zero-order valence-corrected chi connectivity index (χ0v) is 9.05. The Morgan fingerprint density at radius 2 is 2.21 bits per heavy atom. The highest BCUT2D eigenvalue weighted by atomic mass is 16.3. The Hall–Kier alpha value is -0.800. The fraction of sp³-hybridized carbons (Fsp3) is 0.636. The lowest BCUT2D eigenvalue weighted by Crippen LogP contribution is -2.27. The average molecular weight is 196 g/mol. The molecule has 0 aliphatic rings. The summed E-state index contributed by atoms with van der Waals surface area (Å²) in [5.41, 5.74) is 2.80. The van der Waals surface area contributed by atoms with Crippen LogP contribution in [0, 0.1) is 6.92 Å². The molecule has 0 aliphatic carbocycles. The first-order chi connectivity index (χ1) is 6.77. The van der Waals surface area contributed by atoms with Crippen LogP contribution < -0.4 is 11.3 Å². The van der Waals surface area contributed by atoms with Crippen molar-refractivity contribution in [2.24, 2.45) is 5.84 Å². The second-order valence-corrected chi connectivity index (χ2v) is 3.66. The summed E-state index contributed by atoms with van der Waals surface area (Å²) < 4.78 is 5.52. The molecule has 3 heteroatoms. The normalized spacial score (nSPS) is 13.1. The monoisotopic (exact) mass is 196 g/mol. The van der Waals surface area contributed by atoms with E-state index in [-0.39, 0.29) is 6.04 Å². The van der Waals surface area contributed by atoms with Gasteiger partial charge in [-0.2, -0.15) is 0 Å². The molecule has 0 saturated heterocycles. The van der Waals surface area contributed by atoms with Gasteiger partial charge in [-0.15, -0.1) is 0 Å². The molecule has 0 spiro atoms. The van der Waals surface area contributed by atoms with Gasteiger partial charge in [0.2, 0.25) is 0 Å². The van der Waals surface area contributed by atoms with Crippen molar-refractivity contribution in [3.8, 4) is 0 Å². The van der Waals surface area contributed by atoms with Crippen molar-refractivity contribution >= 4 is 0 Å². The van der Waals surface area contributed by atoms with Crippen LogP contribution in [-0.4, -0.2) is 0 Å². The van der Waals surface area contributed by atoms with Gasteiger partial charge in [-0.1, -0.05) is 26.2 Å². The number of rotatable bonds is 6. The quantitative estimate of drug-likeness (QED) is 0.418. The molecule has 0 aromatic carbocycles. The Labute approximate surface area is 85.6 Å². The highest BCUT2D eigenvalue weighted by molar-refractivity contribution is 5.09. The molecule has 0 fully saturated rings. The van der Waals surface area contributed by atoms with Gasteiger partial charge in [0, 0.05) is 0 Å². The molecule has 1 heterocycles. The Balaban J connectivity index is 2.45. The third-order valence-corrected chi connectivity index (χ3v) is 2.40. The summed E-state index contributed by atoms with van der Waals surface area (Å²) in [6.07, 6.45) is 4.70. The van der Waals surface area contributed by atoms with E-state index in [1.807, 2.05) is 19.1 Å². The number of hydrogen-bond donors (Lipinski definition) is 2. The summed E-state index contributed by atoms with van der Waals surface area (Å²) in [4.78, 5) is 0. The predicted octanol–water partition coefficient (Wildman–Crippen LogP) is 2.67. The van der Waals surface area contributed by atoms with Gasteiger partial charge in [0.05, 0.1) is 6.04 Å². The van der Waals surface area contributed by atoms with Gasteiger partial charge in [0.25, 0.3) is 0 Å². The summed E-state index contributed by atoms with van der Waals surface area (Å²) in [6, 6.07) is 4.13. The van der Waals surface area contributed by atoms with E-state index in [0.717, 1.165) is 17.9 Å². The Morgan fingerprint density at radius 1 is 1.43 bits per heavy atom. The second kappa shape index (κ2) is 5.83. The topological polar surface area (TPSA) is 51.2 Å². The van der Waals surface area contributed by atoms with E-state index in [4.69, 9.17) is 10.3 Å². The summed E-state index contributed by atoms with van der Waals surface area (Å²) in [7, 11) is 0. The SMILES string of the molecule is CCCCCC(NN)c1ccc(C)o1. The lowest BCUT2D eigenvalue weighted by Gasteiger charge is -2.12. The van der Waals surface area contributed by atoms with Gasteiger partial charge < -0.3 is 4.42 Å². The van der Waals surface area contributed by atoms with Crippen LogP contribution >= 0.6 is 0 Å². The fourth-order valence-corrected chi connectivity index (χ4v) is 1.55. The van der Waals surface area contributed by atoms with Crippen LogP contribution in [0.4, 0.5) is 0 Å². The van der Waals surface area contributed by atoms with E-state index in [1.165, 1.54) is 19.3 Å². The number of nitrogens with one attached hydrogen (secondary N) is 1. The molecule has 3 N–H and O–H groups in total. The van der Waals surface area contributed by atoms with Crippen molar-refractivity contribution in [2.75, 3.05) is 0 Å². The minimum atomic E-state index is 0.162. The largest absolute Gasteiger partial charge is 0.465 e. The molecule has 14 heavy (non-hydrogen) atoms. The number of furan rings is 1. The molecule has 0 saturated carbocycles. The molecule has 1 rings (SSSR count). The molecule has 0 radical (unpaired) electrons. The van der Waals surface area contributed by atoms with Gasteiger partial charge in [0.15, 0.2) is 0 Å². The Bertz CT molecular complexity index is 258. The maximum atomic E-state index is 5.52. The van der Waals surface area contributed by atoms with Gasteiger partial charge in [-0.3, -0.25) is 5.84 Å². The van der Waals surface area contributed by atoms with Crippen LogP contribution in [0.5, 0.6) is 0 Å². The van der Waals surface area contributed by atoms with E-state index in [2.05, 4.69) is 12.3 Å². The summed E-state index contributed by atoms with van der Waals surface area (Å²) in [6.45, 7) is 4.14. The molecule has 3 nitrogen and oxygen atoms in total. The van der Waals surface area contributed by atoms with Gasteiger partial charge in [0.1, 0.15) is 11.5 Å². The maximum absolute atomic E-state index is 5.52. The van der Waals surface area contributed by atoms with Crippen molar-refractivity contribution in [3.63, 3.8) is 0 Å². The van der Waals surface area contributed by atoms with Gasteiger partial charge >= 0.3 is 0 Å². The van der Waals surface area contributed by atoms with Crippen LogP contribution in [0.25, 0.3) is 0 Å². The first-order valence-corrected chi connectivity index (χ1v) is 5.30. The molecule has 1 aromatic heterocycles. The second-order valence-electron chi connectivity index (χ2n) is 3.66. The van der Waals surface area contributed by atoms with Gasteiger partial charge in [-0.25, -0.2) is 5.43 Å². The molecule has 0 amide bonds. The lowest BCUT2D eigenvalue weighted by molar-refractivity contribution is 0.381. The number of hydrazine groups is 1. The summed E-state index contributed by atoms with van der Waals surface area (Å²) >= 11 is 0. The van der Waals surface area contributed by atoms with Crippen LogP contribution in [0.3, 0.4) is 0 Å². The first-order valence-electron chi connectivity index (χ1n) is 5.30. The summed E-state index contributed by atoms with van der Waals surface area (Å²) in [5, 5.41) is 0. The van der Waals surface area contributed by atoms with E-state index in [1.54, 1.807) is 0 Å². The molecular weight excluding hydrogens is 176 g/mol. The molecule has 1 atom stereocenters. The highest BCUT2D eigenvalue weighted by Gasteiger charge is 2.12. The third-order valence-electron chi connectivity index (χ3n) is 2.40. The van der Waals surface area contributed by atoms with Crippen molar-refractivity contribution in [3.05, 3.63) is 23.7 Å². The lowest BCUT2D eigenvalue weighted by atomic mass is 10.1. The Morgan fingerprint density at radius 3 is 2.71 bits per heavy atom.